The molecule has 0 unspecified atom stereocenters. The Kier molecular flexibility index (Phi) is 6.29. The molecule has 1 aliphatic carbocycles. The lowest BCUT2D eigenvalue weighted by molar-refractivity contribution is 0.0690. The minimum atomic E-state index is -1.08. The largest absolute Gasteiger partial charge is 0.488 e. The number of aromatic carboxylic acids is 1. The van der Waals surface area contributed by atoms with E-state index in [9.17, 15) is 9.90 Å². The molecule has 1 aromatic heterocycles. The first-order valence-corrected chi connectivity index (χ1v) is 11.0. The number of carboxylic acid groups (broad SMARTS) is 1. The van der Waals surface area contributed by atoms with Crippen molar-refractivity contribution >= 4 is 49.0 Å². The highest BCUT2D eigenvalue weighted by molar-refractivity contribution is 9.10. The standard InChI is InChI=1S/C23H18Br2N2O3/c24-15-6-4-14(5-7-15)13-30-22-9-8-16(25)10-19(22)17-2-1-3-18(17)20-11-26-12-21(27-20)23(28)29/h4-12H,1-3,13H2,(H,28,29). The molecule has 7 heteroatoms. The van der Waals surface area contributed by atoms with Crippen LogP contribution in [0.25, 0.3) is 11.1 Å². The molecule has 0 radical (unpaired) electrons. The van der Waals surface area contributed by atoms with Gasteiger partial charge < -0.3 is 9.84 Å². The van der Waals surface area contributed by atoms with Crippen LogP contribution in [-0.2, 0) is 6.61 Å². The summed E-state index contributed by atoms with van der Waals surface area (Å²) in [6.45, 7) is 0.457. The maximum atomic E-state index is 11.3. The zero-order valence-electron chi connectivity index (χ0n) is 15.9. The predicted octanol–water partition coefficient (Wildman–Crippen LogP) is 6.37. The molecule has 0 atom stereocenters. The number of hydrogen-bond donors (Lipinski definition) is 1. The summed E-state index contributed by atoms with van der Waals surface area (Å²) >= 11 is 7.01. The average molecular weight is 530 g/mol. The minimum Gasteiger partial charge on any atom is -0.488 e. The van der Waals surface area contributed by atoms with Crippen molar-refractivity contribution in [1.82, 2.24) is 9.97 Å². The fourth-order valence-corrected chi connectivity index (χ4v) is 4.17. The Balaban J connectivity index is 1.70. The number of hydrogen-bond acceptors (Lipinski definition) is 4. The third-order valence-corrected chi connectivity index (χ3v) is 5.98. The maximum Gasteiger partial charge on any atom is 0.356 e. The van der Waals surface area contributed by atoms with Gasteiger partial charge >= 0.3 is 5.97 Å². The van der Waals surface area contributed by atoms with E-state index in [0.717, 1.165) is 56.2 Å². The lowest BCUT2D eigenvalue weighted by atomic mass is 9.99. The summed E-state index contributed by atoms with van der Waals surface area (Å²) in [5.74, 6) is -0.289. The van der Waals surface area contributed by atoms with E-state index in [4.69, 9.17) is 4.74 Å². The molecule has 1 N–H and O–H groups in total. The molecule has 0 saturated heterocycles. The van der Waals surface area contributed by atoms with Crippen molar-refractivity contribution in [2.45, 2.75) is 25.9 Å². The number of aromatic nitrogens is 2. The van der Waals surface area contributed by atoms with E-state index in [-0.39, 0.29) is 5.69 Å². The first kappa shape index (κ1) is 20.8. The molecular weight excluding hydrogens is 512 g/mol. The molecule has 1 heterocycles. The number of ether oxygens (including phenoxy) is 1. The number of allylic oxidation sites excluding steroid dienone is 2. The Morgan fingerprint density at radius 2 is 1.73 bits per heavy atom. The summed E-state index contributed by atoms with van der Waals surface area (Å²) in [6, 6.07) is 14.0. The van der Waals surface area contributed by atoms with Crippen molar-refractivity contribution < 1.29 is 14.6 Å². The molecule has 3 aromatic rings. The van der Waals surface area contributed by atoms with E-state index in [1.807, 2.05) is 42.5 Å². The third kappa shape index (κ3) is 4.63. The van der Waals surface area contributed by atoms with Gasteiger partial charge in [0.1, 0.15) is 12.4 Å². The van der Waals surface area contributed by atoms with E-state index in [1.165, 1.54) is 6.20 Å². The van der Waals surface area contributed by atoms with Crippen LogP contribution in [0.4, 0.5) is 0 Å². The van der Waals surface area contributed by atoms with Crippen molar-refractivity contribution in [2.24, 2.45) is 0 Å². The molecule has 30 heavy (non-hydrogen) atoms. The van der Waals surface area contributed by atoms with Gasteiger partial charge in [0.25, 0.3) is 0 Å². The second kappa shape index (κ2) is 9.10. The van der Waals surface area contributed by atoms with Gasteiger partial charge in [0.2, 0.25) is 0 Å². The molecule has 152 valence electrons. The average Bonchev–Trinajstić information content (AvgIpc) is 3.24. The van der Waals surface area contributed by atoms with Gasteiger partial charge in [-0.25, -0.2) is 9.78 Å². The van der Waals surface area contributed by atoms with Gasteiger partial charge in [0.15, 0.2) is 5.69 Å². The van der Waals surface area contributed by atoms with Gasteiger partial charge in [0.05, 0.1) is 18.1 Å². The van der Waals surface area contributed by atoms with Crippen LogP contribution >= 0.6 is 31.9 Å². The Labute approximate surface area is 191 Å². The molecule has 0 aliphatic heterocycles. The van der Waals surface area contributed by atoms with E-state index >= 15 is 0 Å². The quantitative estimate of drug-likeness (QED) is 0.401. The summed E-state index contributed by atoms with van der Waals surface area (Å²) in [7, 11) is 0. The van der Waals surface area contributed by atoms with Crippen molar-refractivity contribution in [3.05, 3.63) is 86.3 Å². The molecule has 2 aromatic carbocycles. The van der Waals surface area contributed by atoms with Gasteiger partial charge in [0, 0.05) is 14.5 Å². The highest BCUT2D eigenvalue weighted by Gasteiger charge is 2.23. The molecule has 0 spiro atoms. The van der Waals surface area contributed by atoms with Crippen LogP contribution in [-0.4, -0.2) is 21.0 Å². The van der Waals surface area contributed by atoms with Crippen LogP contribution in [0.2, 0.25) is 0 Å². The molecule has 0 amide bonds. The zero-order chi connectivity index (χ0) is 21.1. The second-order valence-electron chi connectivity index (χ2n) is 6.96. The Bertz CT molecular complexity index is 1130. The third-order valence-electron chi connectivity index (χ3n) is 4.96. The van der Waals surface area contributed by atoms with E-state index < -0.39 is 5.97 Å². The van der Waals surface area contributed by atoms with Crippen molar-refractivity contribution in [3.8, 4) is 5.75 Å². The summed E-state index contributed by atoms with van der Waals surface area (Å²) in [5.41, 5.74) is 4.79. The van der Waals surface area contributed by atoms with Crippen LogP contribution in [0.15, 0.2) is 63.8 Å². The topological polar surface area (TPSA) is 72.3 Å². The monoisotopic (exact) mass is 528 g/mol. The van der Waals surface area contributed by atoms with Gasteiger partial charge in [-0.3, -0.25) is 4.98 Å². The van der Waals surface area contributed by atoms with E-state index in [1.54, 1.807) is 6.20 Å². The Hall–Kier alpha value is -2.51. The van der Waals surface area contributed by atoms with Gasteiger partial charge in [-0.15, -0.1) is 0 Å². The van der Waals surface area contributed by atoms with Crippen LogP contribution in [0.3, 0.4) is 0 Å². The predicted molar refractivity (Wildman–Crippen MR) is 122 cm³/mol. The lowest BCUT2D eigenvalue weighted by Gasteiger charge is -2.15. The van der Waals surface area contributed by atoms with Crippen LogP contribution in [0.5, 0.6) is 5.75 Å². The summed E-state index contributed by atoms with van der Waals surface area (Å²) in [4.78, 5) is 19.7. The molecule has 0 fully saturated rings. The Morgan fingerprint density at radius 1 is 1.00 bits per heavy atom. The number of carboxylic acids is 1. The van der Waals surface area contributed by atoms with E-state index in [2.05, 4.69) is 41.8 Å². The van der Waals surface area contributed by atoms with Crippen molar-refractivity contribution in [1.29, 1.82) is 0 Å². The van der Waals surface area contributed by atoms with Crippen LogP contribution < -0.4 is 4.74 Å². The summed E-state index contributed by atoms with van der Waals surface area (Å²) < 4.78 is 8.16. The zero-order valence-corrected chi connectivity index (χ0v) is 19.1. The summed E-state index contributed by atoms with van der Waals surface area (Å²) in [5, 5.41) is 9.26. The lowest BCUT2D eigenvalue weighted by Crippen LogP contribution is -2.04. The fraction of sp³-hybridized carbons (Fsp3) is 0.174. The molecule has 5 nitrogen and oxygen atoms in total. The van der Waals surface area contributed by atoms with Crippen LogP contribution in [0, 0.1) is 0 Å². The van der Waals surface area contributed by atoms with Crippen LogP contribution in [0.1, 0.15) is 46.6 Å². The molecule has 0 bridgehead atoms. The smallest absolute Gasteiger partial charge is 0.356 e. The number of benzene rings is 2. The Morgan fingerprint density at radius 3 is 2.50 bits per heavy atom. The number of halogens is 2. The first-order valence-electron chi connectivity index (χ1n) is 9.46. The highest BCUT2D eigenvalue weighted by atomic mass is 79.9. The molecule has 1 aliphatic rings. The SMILES string of the molecule is O=C(O)c1cncc(C2=C(c3cc(Br)ccc3OCc3ccc(Br)cc3)CCC2)n1. The first-order chi connectivity index (χ1) is 14.5. The van der Waals surface area contributed by atoms with Crippen molar-refractivity contribution in [3.63, 3.8) is 0 Å². The minimum absolute atomic E-state index is 0.0489. The summed E-state index contributed by atoms with van der Waals surface area (Å²) in [6.07, 6.45) is 5.58. The highest BCUT2D eigenvalue weighted by Crippen LogP contribution is 2.43. The molecular formula is C23H18Br2N2O3. The van der Waals surface area contributed by atoms with Crippen molar-refractivity contribution in [2.75, 3.05) is 0 Å². The number of rotatable bonds is 6. The van der Waals surface area contributed by atoms with E-state index in [0.29, 0.717) is 12.3 Å². The number of carbonyl (C=O) groups is 1. The second-order valence-corrected chi connectivity index (χ2v) is 8.79. The maximum absolute atomic E-state index is 11.3. The number of nitrogens with zero attached hydrogens (tertiary/aromatic N) is 2. The van der Waals surface area contributed by atoms with Gasteiger partial charge in [-0.2, -0.15) is 0 Å². The fourth-order valence-electron chi connectivity index (χ4n) is 3.54. The van der Waals surface area contributed by atoms with Gasteiger partial charge in [-0.05, 0) is 66.3 Å². The normalized spacial score (nSPS) is 13.5. The molecule has 0 saturated carbocycles. The molecule has 4 rings (SSSR count). The van der Waals surface area contributed by atoms with Gasteiger partial charge in [-0.1, -0.05) is 44.0 Å².